The van der Waals surface area contributed by atoms with Crippen LogP contribution in [0.15, 0.2) is 36.4 Å². The van der Waals surface area contributed by atoms with E-state index in [1.807, 2.05) is 6.08 Å². The molecule has 0 N–H and O–H groups in total. The molecule has 0 atom stereocenters. The van der Waals surface area contributed by atoms with Crippen LogP contribution in [0.2, 0.25) is 0 Å². The number of alkyl halides is 1. The summed E-state index contributed by atoms with van der Waals surface area (Å²) < 4.78 is 57.1. The van der Waals surface area contributed by atoms with Gasteiger partial charge in [0.25, 0.3) is 0 Å². The molecule has 0 amide bonds. The van der Waals surface area contributed by atoms with Crippen molar-refractivity contribution in [2.24, 2.45) is 0 Å². The summed E-state index contributed by atoms with van der Waals surface area (Å²) in [5, 5.41) is 0. The van der Waals surface area contributed by atoms with Gasteiger partial charge in [-0.25, -0.2) is 17.6 Å². The highest BCUT2D eigenvalue weighted by molar-refractivity contribution is 5.53. The van der Waals surface area contributed by atoms with Crippen molar-refractivity contribution in [1.82, 2.24) is 0 Å². The van der Waals surface area contributed by atoms with Crippen LogP contribution < -0.4 is 0 Å². The van der Waals surface area contributed by atoms with Gasteiger partial charge in [0.1, 0.15) is 12.0 Å². The summed E-state index contributed by atoms with van der Waals surface area (Å²) in [4.78, 5) is 0. The molecule has 4 heteroatoms. The highest BCUT2D eigenvalue weighted by Crippen LogP contribution is 2.36. The van der Waals surface area contributed by atoms with Gasteiger partial charge in [0.2, 0.25) is 0 Å². The Morgan fingerprint density at radius 2 is 1.50 bits per heavy atom. The number of rotatable bonds is 9. The van der Waals surface area contributed by atoms with E-state index >= 15 is 0 Å². The summed E-state index contributed by atoms with van der Waals surface area (Å²) in [6.07, 6.45) is 13.2. The Kier molecular flexibility index (Phi) is 10.3. The van der Waals surface area contributed by atoms with E-state index in [2.05, 4.69) is 24.8 Å². The molecule has 34 heavy (non-hydrogen) atoms. The Balaban J connectivity index is 1.60. The molecule has 0 nitrogen and oxygen atoms in total. The monoisotopic (exact) mass is 470 g/mol. The third-order valence-electron chi connectivity index (χ3n) is 6.57. The molecule has 0 radical (unpaired) electrons. The van der Waals surface area contributed by atoms with Gasteiger partial charge < -0.3 is 0 Å². The average Bonchev–Trinajstić information content (AvgIpc) is 2.83. The first-order valence-corrected chi connectivity index (χ1v) is 12.6. The van der Waals surface area contributed by atoms with E-state index in [-0.39, 0.29) is 22.6 Å². The summed E-state index contributed by atoms with van der Waals surface area (Å²) in [5.74, 6) is 2.56. The van der Waals surface area contributed by atoms with Gasteiger partial charge in [0.15, 0.2) is 11.6 Å². The normalized spacial score (nSPS) is 18.1. The van der Waals surface area contributed by atoms with Crippen LogP contribution in [0, 0.1) is 29.3 Å². The van der Waals surface area contributed by atoms with Crippen LogP contribution in [0.1, 0.15) is 106 Å². The minimum atomic E-state index is -1.03. The molecule has 0 unspecified atom stereocenters. The molecule has 0 aromatic heterocycles. The van der Waals surface area contributed by atoms with E-state index < -0.39 is 23.6 Å². The lowest BCUT2D eigenvalue weighted by molar-refractivity contribution is 0.233. The quantitative estimate of drug-likeness (QED) is 0.195. The van der Waals surface area contributed by atoms with Crippen molar-refractivity contribution in [3.63, 3.8) is 0 Å². The van der Waals surface area contributed by atoms with Crippen LogP contribution in [-0.2, 0) is 0 Å². The van der Waals surface area contributed by atoms with E-state index in [1.165, 1.54) is 50.3 Å². The smallest absolute Gasteiger partial charge is 0.174 e. The van der Waals surface area contributed by atoms with E-state index in [9.17, 15) is 17.6 Å². The molecule has 0 spiro atoms. The van der Waals surface area contributed by atoms with Crippen LogP contribution >= 0.6 is 0 Å². The molecule has 1 fully saturated rings. The topological polar surface area (TPSA) is 0 Å². The predicted molar refractivity (Wildman–Crippen MR) is 132 cm³/mol. The van der Waals surface area contributed by atoms with Gasteiger partial charge in [0.05, 0.1) is 11.1 Å². The maximum Gasteiger partial charge on any atom is 0.174 e. The zero-order valence-electron chi connectivity index (χ0n) is 20.0. The van der Waals surface area contributed by atoms with E-state index in [4.69, 9.17) is 0 Å². The molecule has 2 aromatic rings. The summed E-state index contributed by atoms with van der Waals surface area (Å²) in [6.45, 7) is 2.20. The highest BCUT2D eigenvalue weighted by Gasteiger charge is 2.25. The van der Waals surface area contributed by atoms with Crippen molar-refractivity contribution in [3.05, 3.63) is 76.1 Å². The van der Waals surface area contributed by atoms with Gasteiger partial charge in [0, 0.05) is 0 Å². The first kappa shape index (κ1) is 26.1. The van der Waals surface area contributed by atoms with Gasteiger partial charge >= 0.3 is 0 Å². The van der Waals surface area contributed by atoms with Crippen molar-refractivity contribution < 1.29 is 17.6 Å². The number of hydrogen-bond acceptors (Lipinski definition) is 0. The lowest BCUT2D eigenvalue weighted by atomic mass is 9.82. The molecule has 0 saturated heterocycles. The molecular formula is C30H34F4. The van der Waals surface area contributed by atoms with Gasteiger partial charge in [-0.05, 0) is 73.8 Å². The van der Waals surface area contributed by atoms with E-state index in [0.717, 1.165) is 18.4 Å². The molecule has 182 valence electrons. The van der Waals surface area contributed by atoms with Gasteiger partial charge in [-0.1, -0.05) is 75.2 Å². The van der Waals surface area contributed by atoms with Crippen molar-refractivity contribution >= 4 is 6.08 Å². The Morgan fingerprint density at radius 3 is 2.24 bits per heavy atom. The number of halogens is 4. The molecular weight excluding hydrogens is 436 g/mol. The van der Waals surface area contributed by atoms with Crippen LogP contribution in [0.25, 0.3) is 6.08 Å². The number of hydrogen-bond donors (Lipinski definition) is 0. The van der Waals surface area contributed by atoms with Crippen LogP contribution in [0.3, 0.4) is 0 Å². The fourth-order valence-corrected chi connectivity index (χ4v) is 4.47. The maximum atomic E-state index is 14.6. The fourth-order valence-electron chi connectivity index (χ4n) is 4.47. The Hall–Kier alpha value is -2.54. The molecule has 1 aliphatic rings. The third-order valence-corrected chi connectivity index (χ3v) is 6.57. The van der Waals surface area contributed by atoms with Gasteiger partial charge in [-0.3, -0.25) is 0 Å². The van der Waals surface area contributed by atoms with Crippen LogP contribution in [0.4, 0.5) is 17.6 Å². The lowest BCUT2D eigenvalue weighted by Gasteiger charge is -2.25. The summed E-state index contributed by atoms with van der Waals surface area (Å²) in [6, 6.07) is 7.69. The molecule has 1 aliphatic carbocycles. The van der Waals surface area contributed by atoms with Crippen molar-refractivity contribution in [1.29, 1.82) is 0 Å². The second-order valence-electron chi connectivity index (χ2n) is 9.23. The zero-order chi connectivity index (χ0) is 24.3. The Labute approximate surface area is 201 Å². The third kappa shape index (κ3) is 7.49. The standard InChI is InChI=1S/C30H34F4/c1-2-3-4-5-6-7-8-9-10-22-11-12-24(28(32)21-22)13-14-25-17-20-27(30(34)29(25)33)23-15-18-26(31)19-16-23/h9-12,17,20-21,23,26H,2-8,15-16,18-19H2,1H3/b10-9+. The van der Waals surface area contributed by atoms with Crippen molar-refractivity contribution in [2.45, 2.75) is 89.6 Å². The first-order valence-electron chi connectivity index (χ1n) is 12.6. The molecule has 1 saturated carbocycles. The highest BCUT2D eigenvalue weighted by atomic mass is 19.2. The zero-order valence-corrected chi connectivity index (χ0v) is 20.0. The molecule has 3 rings (SSSR count). The first-order chi connectivity index (χ1) is 16.5. The maximum absolute atomic E-state index is 14.6. The Morgan fingerprint density at radius 1 is 0.824 bits per heavy atom. The van der Waals surface area contributed by atoms with Crippen LogP contribution in [-0.4, -0.2) is 6.17 Å². The fraction of sp³-hybridized carbons (Fsp3) is 0.467. The van der Waals surface area contributed by atoms with Crippen LogP contribution in [0.5, 0.6) is 0 Å². The summed E-state index contributed by atoms with van der Waals surface area (Å²) >= 11 is 0. The SMILES string of the molecule is CCCCCCCC/C=C/c1ccc(C#Cc2ccc(C3CCC(F)CC3)c(F)c2F)c(F)c1. The number of allylic oxidation sites excluding steroid dienone is 1. The van der Waals surface area contributed by atoms with E-state index in [1.54, 1.807) is 12.1 Å². The second kappa shape index (κ2) is 13.4. The number of benzene rings is 2. The summed E-state index contributed by atoms with van der Waals surface area (Å²) in [5.41, 5.74) is 1.05. The van der Waals surface area contributed by atoms with Gasteiger partial charge in [-0.2, -0.15) is 0 Å². The van der Waals surface area contributed by atoms with Crippen molar-refractivity contribution in [2.75, 3.05) is 0 Å². The average molecular weight is 471 g/mol. The molecule has 0 aliphatic heterocycles. The lowest BCUT2D eigenvalue weighted by Crippen LogP contribution is -2.15. The molecule has 0 bridgehead atoms. The van der Waals surface area contributed by atoms with Crippen molar-refractivity contribution in [3.8, 4) is 11.8 Å². The predicted octanol–water partition coefficient (Wildman–Crippen LogP) is 9.26. The second-order valence-corrected chi connectivity index (χ2v) is 9.23. The van der Waals surface area contributed by atoms with Gasteiger partial charge in [-0.15, -0.1) is 0 Å². The number of unbranched alkanes of at least 4 members (excludes halogenated alkanes) is 6. The molecule has 0 heterocycles. The summed E-state index contributed by atoms with van der Waals surface area (Å²) in [7, 11) is 0. The largest absolute Gasteiger partial charge is 0.247 e. The minimum Gasteiger partial charge on any atom is -0.247 e. The van der Waals surface area contributed by atoms with E-state index in [0.29, 0.717) is 25.7 Å². The molecule has 2 aromatic carbocycles. The minimum absolute atomic E-state index is 0.109. The Bertz CT molecular complexity index is 1020.